The Bertz CT molecular complexity index is 410. The molecule has 7 heteroatoms. The molecule has 2 N–H and O–H groups in total. The molecular weight excluding hydrogens is 234 g/mol. The summed E-state index contributed by atoms with van der Waals surface area (Å²) in [5, 5.41) is 14.0. The van der Waals surface area contributed by atoms with Gasteiger partial charge in [0.1, 0.15) is 13.1 Å². The van der Waals surface area contributed by atoms with Crippen LogP contribution < -0.4 is 10.6 Å². The van der Waals surface area contributed by atoms with E-state index in [0.29, 0.717) is 13.2 Å². The average Bonchev–Trinajstić information content (AvgIpc) is 2.80. The molecule has 18 heavy (non-hydrogen) atoms. The van der Waals surface area contributed by atoms with Crippen LogP contribution in [0.1, 0.15) is 5.69 Å². The van der Waals surface area contributed by atoms with Gasteiger partial charge < -0.3 is 19.9 Å². The molecule has 0 saturated carbocycles. The van der Waals surface area contributed by atoms with E-state index in [-0.39, 0.29) is 19.0 Å². The Morgan fingerprint density at radius 2 is 2.50 bits per heavy atom. The number of carbonyl (C=O) groups excluding carboxylic acids is 1. The Morgan fingerprint density at radius 1 is 1.67 bits per heavy atom. The van der Waals surface area contributed by atoms with Gasteiger partial charge in [0, 0.05) is 26.4 Å². The summed E-state index contributed by atoms with van der Waals surface area (Å²) in [4.78, 5) is 15.5. The molecule has 0 radical (unpaired) electrons. The van der Waals surface area contributed by atoms with Crippen LogP contribution in [-0.4, -0.2) is 42.3 Å². The highest BCUT2D eigenvalue weighted by atomic mass is 16.5. The van der Waals surface area contributed by atoms with Crippen LogP contribution in [0.15, 0.2) is 12.5 Å². The van der Waals surface area contributed by atoms with Crippen LogP contribution in [0.3, 0.4) is 0 Å². The first-order valence-corrected chi connectivity index (χ1v) is 5.60. The molecule has 0 aromatic carbocycles. The standard InChI is InChI=1S/C11H17N5O2/c1-18-5-4-13-6-10-7-16(9-15-10)8-11(17)14-3-2-12/h7,9,13H,3-6,8H2,1H3,(H,14,17). The molecule has 0 aliphatic carbocycles. The van der Waals surface area contributed by atoms with Crippen LogP contribution in [0.5, 0.6) is 0 Å². The van der Waals surface area contributed by atoms with Crippen LogP contribution in [0.2, 0.25) is 0 Å². The number of nitriles is 1. The Balaban J connectivity index is 2.30. The van der Waals surface area contributed by atoms with Gasteiger partial charge in [0.25, 0.3) is 0 Å². The van der Waals surface area contributed by atoms with Gasteiger partial charge in [-0.05, 0) is 0 Å². The third kappa shape index (κ3) is 5.43. The number of rotatable bonds is 8. The van der Waals surface area contributed by atoms with E-state index in [1.165, 1.54) is 0 Å². The van der Waals surface area contributed by atoms with E-state index in [9.17, 15) is 4.79 Å². The molecule has 0 spiro atoms. The molecule has 1 aromatic heterocycles. The quantitative estimate of drug-likeness (QED) is 0.469. The molecule has 0 saturated heterocycles. The Morgan fingerprint density at radius 3 is 3.22 bits per heavy atom. The second-order valence-corrected chi connectivity index (χ2v) is 3.64. The zero-order valence-electron chi connectivity index (χ0n) is 10.3. The molecule has 1 aromatic rings. The molecule has 0 aliphatic heterocycles. The molecule has 0 bridgehead atoms. The van der Waals surface area contributed by atoms with E-state index in [2.05, 4.69) is 15.6 Å². The van der Waals surface area contributed by atoms with Gasteiger partial charge in [0.05, 0.1) is 24.7 Å². The number of ether oxygens (including phenoxy) is 1. The predicted octanol–water partition coefficient (Wildman–Crippen LogP) is -0.741. The number of nitrogens with zero attached hydrogens (tertiary/aromatic N) is 3. The number of carbonyl (C=O) groups is 1. The highest BCUT2D eigenvalue weighted by molar-refractivity contribution is 5.75. The average molecular weight is 251 g/mol. The van der Waals surface area contributed by atoms with Gasteiger partial charge in [-0.3, -0.25) is 4.79 Å². The lowest BCUT2D eigenvalue weighted by atomic mass is 10.4. The van der Waals surface area contributed by atoms with Crippen LogP contribution in [-0.2, 0) is 22.6 Å². The molecule has 0 aliphatic rings. The first-order valence-electron chi connectivity index (χ1n) is 5.60. The van der Waals surface area contributed by atoms with Crippen molar-refractivity contribution in [3.63, 3.8) is 0 Å². The summed E-state index contributed by atoms with van der Waals surface area (Å²) in [5.41, 5.74) is 0.860. The third-order valence-electron chi connectivity index (χ3n) is 2.17. The van der Waals surface area contributed by atoms with Crippen molar-refractivity contribution in [3.8, 4) is 6.07 Å². The SMILES string of the molecule is COCCNCc1cn(CC(=O)NCC#N)cn1. The van der Waals surface area contributed by atoms with E-state index >= 15 is 0 Å². The smallest absolute Gasteiger partial charge is 0.240 e. The molecule has 1 heterocycles. The van der Waals surface area contributed by atoms with Crippen molar-refractivity contribution < 1.29 is 9.53 Å². The first-order chi connectivity index (χ1) is 8.76. The van der Waals surface area contributed by atoms with Crippen molar-refractivity contribution in [2.75, 3.05) is 26.8 Å². The number of hydrogen-bond donors (Lipinski definition) is 2. The lowest BCUT2D eigenvalue weighted by Crippen LogP contribution is -2.27. The molecule has 0 fully saturated rings. The van der Waals surface area contributed by atoms with Crippen LogP contribution in [0.25, 0.3) is 0 Å². The monoisotopic (exact) mass is 251 g/mol. The molecule has 98 valence electrons. The predicted molar refractivity (Wildman–Crippen MR) is 64.4 cm³/mol. The fraction of sp³-hybridized carbons (Fsp3) is 0.545. The summed E-state index contributed by atoms with van der Waals surface area (Å²) in [5.74, 6) is -0.201. The summed E-state index contributed by atoms with van der Waals surface area (Å²) >= 11 is 0. The summed E-state index contributed by atoms with van der Waals surface area (Å²) in [6.45, 7) is 2.24. The zero-order chi connectivity index (χ0) is 13.2. The molecule has 1 rings (SSSR count). The van der Waals surface area contributed by atoms with Crippen molar-refractivity contribution in [1.82, 2.24) is 20.2 Å². The summed E-state index contributed by atoms with van der Waals surface area (Å²) in [6.07, 6.45) is 3.39. The van der Waals surface area contributed by atoms with Gasteiger partial charge in [0.2, 0.25) is 5.91 Å². The molecule has 7 nitrogen and oxygen atoms in total. The van der Waals surface area contributed by atoms with Crippen molar-refractivity contribution in [2.24, 2.45) is 0 Å². The zero-order valence-corrected chi connectivity index (χ0v) is 10.3. The van der Waals surface area contributed by atoms with Gasteiger partial charge in [-0.2, -0.15) is 5.26 Å². The van der Waals surface area contributed by atoms with Gasteiger partial charge >= 0.3 is 0 Å². The van der Waals surface area contributed by atoms with Gasteiger partial charge in [0.15, 0.2) is 0 Å². The number of hydrogen-bond acceptors (Lipinski definition) is 5. The number of imidazole rings is 1. The van der Waals surface area contributed by atoms with Gasteiger partial charge in [-0.1, -0.05) is 0 Å². The molecule has 1 amide bonds. The lowest BCUT2D eigenvalue weighted by Gasteiger charge is -2.02. The Kier molecular flexibility index (Phi) is 6.46. The summed E-state index contributed by atoms with van der Waals surface area (Å²) in [6, 6.07) is 1.85. The van der Waals surface area contributed by atoms with Crippen molar-refractivity contribution in [2.45, 2.75) is 13.1 Å². The fourth-order valence-electron chi connectivity index (χ4n) is 1.33. The van der Waals surface area contributed by atoms with E-state index < -0.39 is 0 Å². The Hall–Kier alpha value is -1.91. The van der Waals surface area contributed by atoms with Crippen LogP contribution in [0, 0.1) is 11.3 Å². The van der Waals surface area contributed by atoms with Crippen molar-refractivity contribution in [1.29, 1.82) is 5.26 Å². The lowest BCUT2D eigenvalue weighted by molar-refractivity contribution is -0.121. The highest BCUT2D eigenvalue weighted by Crippen LogP contribution is 1.95. The van der Waals surface area contributed by atoms with Gasteiger partial charge in [-0.15, -0.1) is 0 Å². The van der Waals surface area contributed by atoms with E-state index in [4.69, 9.17) is 10.00 Å². The first kappa shape index (κ1) is 14.2. The summed E-state index contributed by atoms with van der Waals surface area (Å²) < 4.78 is 6.59. The molecular formula is C11H17N5O2. The van der Waals surface area contributed by atoms with E-state index in [1.807, 2.05) is 6.07 Å². The minimum absolute atomic E-state index is 0.0267. The number of amides is 1. The number of methoxy groups -OCH3 is 1. The maximum Gasteiger partial charge on any atom is 0.240 e. The second-order valence-electron chi connectivity index (χ2n) is 3.64. The highest BCUT2D eigenvalue weighted by Gasteiger charge is 2.03. The second kappa shape index (κ2) is 8.22. The number of aromatic nitrogens is 2. The maximum atomic E-state index is 11.3. The largest absolute Gasteiger partial charge is 0.383 e. The van der Waals surface area contributed by atoms with Crippen LogP contribution >= 0.6 is 0 Å². The molecule has 0 atom stereocenters. The summed E-state index contributed by atoms with van der Waals surface area (Å²) in [7, 11) is 1.65. The topological polar surface area (TPSA) is 92.0 Å². The Labute approximate surface area is 106 Å². The van der Waals surface area contributed by atoms with Crippen LogP contribution in [0.4, 0.5) is 0 Å². The third-order valence-corrected chi connectivity index (χ3v) is 2.17. The van der Waals surface area contributed by atoms with E-state index in [0.717, 1.165) is 12.2 Å². The van der Waals surface area contributed by atoms with Gasteiger partial charge in [-0.25, -0.2) is 4.98 Å². The maximum absolute atomic E-state index is 11.3. The van der Waals surface area contributed by atoms with Crippen molar-refractivity contribution in [3.05, 3.63) is 18.2 Å². The molecule has 0 unspecified atom stereocenters. The van der Waals surface area contributed by atoms with Crippen molar-refractivity contribution >= 4 is 5.91 Å². The minimum Gasteiger partial charge on any atom is -0.383 e. The normalized spacial score (nSPS) is 10.0. The van der Waals surface area contributed by atoms with E-state index in [1.54, 1.807) is 24.2 Å². The fourth-order valence-corrected chi connectivity index (χ4v) is 1.33. The minimum atomic E-state index is -0.201. The number of nitrogens with one attached hydrogen (secondary N) is 2.